The highest BCUT2D eigenvalue weighted by molar-refractivity contribution is 9.10. The second-order valence-electron chi connectivity index (χ2n) is 4.38. The van der Waals surface area contributed by atoms with Crippen molar-refractivity contribution < 1.29 is 0 Å². The summed E-state index contributed by atoms with van der Waals surface area (Å²) in [5.41, 5.74) is 2.85. The van der Waals surface area contributed by atoms with Crippen molar-refractivity contribution in [3.63, 3.8) is 0 Å². The molecule has 4 rings (SSSR count). The third kappa shape index (κ3) is 1.69. The van der Waals surface area contributed by atoms with Gasteiger partial charge in [0.25, 0.3) is 5.78 Å². The number of hydrogen-bond acceptors (Lipinski definition) is 4. The van der Waals surface area contributed by atoms with Gasteiger partial charge in [0.15, 0.2) is 0 Å². The second kappa shape index (κ2) is 4.35. The Morgan fingerprint density at radius 2 is 1.85 bits per heavy atom. The summed E-state index contributed by atoms with van der Waals surface area (Å²) in [4.78, 5) is 4.58. The maximum absolute atomic E-state index is 4.58. The first-order valence-electron chi connectivity index (χ1n) is 6.06. The van der Waals surface area contributed by atoms with Crippen molar-refractivity contribution in [3.05, 3.63) is 53.0 Å². The first-order valence-corrected chi connectivity index (χ1v) is 6.85. The predicted octanol–water partition coefficient (Wildman–Crippen LogP) is 3.10. The predicted molar refractivity (Wildman–Crippen MR) is 79.2 cm³/mol. The molecule has 2 aromatic heterocycles. The van der Waals surface area contributed by atoms with E-state index in [9.17, 15) is 0 Å². The number of benzene rings is 2. The van der Waals surface area contributed by atoms with E-state index in [1.54, 1.807) is 4.52 Å². The molecule has 0 spiro atoms. The minimum absolute atomic E-state index is 0.499. The zero-order valence-corrected chi connectivity index (χ0v) is 11.8. The lowest BCUT2D eigenvalue weighted by Crippen LogP contribution is -1.97. The Kier molecular flexibility index (Phi) is 2.50. The van der Waals surface area contributed by atoms with Gasteiger partial charge in [-0.15, -0.1) is 0 Å². The summed E-state index contributed by atoms with van der Waals surface area (Å²) >= 11 is 3.51. The van der Waals surface area contributed by atoms with Crippen molar-refractivity contribution in [2.24, 2.45) is 0 Å². The van der Waals surface area contributed by atoms with Crippen molar-refractivity contribution >= 4 is 32.6 Å². The highest BCUT2D eigenvalue weighted by Crippen LogP contribution is 2.29. The van der Waals surface area contributed by atoms with E-state index in [1.807, 2.05) is 48.5 Å². The molecule has 0 aliphatic heterocycles. The molecular weight excluding hydrogens is 318 g/mol. The number of halogens is 1. The molecule has 4 aromatic rings. The molecule has 0 atom stereocenters. The fourth-order valence-electron chi connectivity index (χ4n) is 2.27. The largest absolute Gasteiger partial charge is 0.274 e. The first kappa shape index (κ1) is 11.5. The van der Waals surface area contributed by atoms with E-state index in [1.165, 1.54) is 0 Å². The van der Waals surface area contributed by atoms with Crippen LogP contribution in [-0.4, -0.2) is 25.0 Å². The van der Waals surface area contributed by atoms with Gasteiger partial charge in [-0.05, 0) is 28.6 Å². The molecule has 0 amide bonds. The fraction of sp³-hybridized carbons (Fsp3) is 0. The number of tetrazole rings is 1. The standard InChI is InChI=1S/C14H8BrN5/c15-10-6-7-12-11(8-10)13(9-4-2-1-3-5-9)16-14-17-18-19-20(12)14/h1-8H. The zero-order chi connectivity index (χ0) is 13.5. The molecule has 0 unspecified atom stereocenters. The lowest BCUT2D eigenvalue weighted by atomic mass is 10.1. The maximum Gasteiger partial charge on any atom is 0.274 e. The SMILES string of the molecule is Brc1ccc2c(c1)c(-c1ccccc1)nc1nnnn12. The van der Waals surface area contributed by atoms with Gasteiger partial charge < -0.3 is 0 Å². The van der Waals surface area contributed by atoms with Crippen LogP contribution in [0.1, 0.15) is 0 Å². The van der Waals surface area contributed by atoms with Gasteiger partial charge in [0.1, 0.15) is 0 Å². The first-order chi connectivity index (χ1) is 9.83. The molecule has 6 heteroatoms. The highest BCUT2D eigenvalue weighted by Gasteiger charge is 2.12. The minimum atomic E-state index is 0.499. The Hall–Kier alpha value is -2.34. The Balaban J connectivity index is 2.19. The number of hydrogen-bond donors (Lipinski definition) is 0. The molecule has 0 fully saturated rings. The molecule has 20 heavy (non-hydrogen) atoms. The lowest BCUT2D eigenvalue weighted by Gasteiger charge is -2.07. The van der Waals surface area contributed by atoms with Gasteiger partial charge in [-0.2, -0.15) is 4.52 Å². The van der Waals surface area contributed by atoms with E-state index < -0.39 is 0 Å². The van der Waals surface area contributed by atoms with E-state index in [0.29, 0.717) is 5.78 Å². The van der Waals surface area contributed by atoms with Crippen LogP contribution in [0.25, 0.3) is 27.9 Å². The van der Waals surface area contributed by atoms with Crippen LogP contribution in [0.2, 0.25) is 0 Å². The van der Waals surface area contributed by atoms with Gasteiger partial charge >= 0.3 is 0 Å². The average molecular weight is 326 g/mol. The summed E-state index contributed by atoms with van der Waals surface area (Å²) in [6.45, 7) is 0. The van der Waals surface area contributed by atoms with E-state index in [4.69, 9.17) is 0 Å². The molecule has 5 nitrogen and oxygen atoms in total. The van der Waals surface area contributed by atoms with Crippen molar-refractivity contribution in [2.75, 3.05) is 0 Å². The molecule has 0 aliphatic carbocycles. The molecule has 96 valence electrons. The van der Waals surface area contributed by atoms with Crippen molar-refractivity contribution in [1.82, 2.24) is 25.0 Å². The monoisotopic (exact) mass is 325 g/mol. The smallest absolute Gasteiger partial charge is 0.209 e. The minimum Gasteiger partial charge on any atom is -0.209 e. The molecule has 0 N–H and O–H groups in total. The molecular formula is C14H8BrN5. The molecule has 0 aliphatic rings. The number of aromatic nitrogens is 5. The summed E-state index contributed by atoms with van der Waals surface area (Å²) in [5.74, 6) is 0.499. The Morgan fingerprint density at radius 3 is 2.70 bits per heavy atom. The van der Waals surface area contributed by atoms with Crippen LogP contribution in [-0.2, 0) is 0 Å². The van der Waals surface area contributed by atoms with Crippen LogP contribution in [0.4, 0.5) is 0 Å². The Bertz CT molecular complexity index is 917. The van der Waals surface area contributed by atoms with Gasteiger partial charge in [-0.1, -0.05) is 51.4 Å². The summed E-state index contributed by atoms with van der Waals surface area (Å²) < 4.78 is 2.64. The third-order valence-electron chi connectivity index (χ3n) is 3.15. The van der Waals surface area contributed by atoms with Crippen LogP contribution in [0.5, 0.6) is 0 Å². The van der Waals surface area contributed by atoms with Crippen molar-refractivity contribution in [2.45, 2.75) is 0 Å². The van der Waals surface area contributed by atoms with Gasteiger partial charge in [0.2, 0.25) is 0 Å². The summed E-state index contributed by atoms with van der Waals surface area (Å²) in [5, 5.41) is 12.6. The summed E-state index contributed by atoms with van der Waals surface area (Å²) in [6, 6.07) is 16.0. The fourth-order valence-corrected chi connectivity index (χ4v) is 2.63. The van der Waals surface area contributed by atoms with Gasteiger partial charge in [0, 0.05) is 15.4 Å². The molecule has 0 radical (unpaired) electrons. The molecule has 2 aromatic carbocycles. The summed E-state index contributed by atoms with van der Waals surface area (Å²) in [6.07, 6.45) is 0. The quantitative estimate of drug-likeness (QED) is 0.539. The van der Waals surface area contributed by atoms with Gasteiger partial charge in [-0.25, -0.2) is 4.98 Å². The molecule has 2 heterocycles. The second-order valence-corrected chi connectivity index (χ2v) is 5.29. The molecule has 0 bridgehead atoms. The van der Waals surface area contributed by atoms with Gasteiger partial charge in [-0.3, -0.25) is 0 Å². The van der Waals surface area contributed by atoms with Crippen molar-refractivity contribution in [1.29, 1.82) is 0 Å². The molecule has 0 saturated carbocycles. The number of nitrogens with zero attached hydrogens (tertiary/aromatic N) is 5. The normalized spacial score (nSPS) is 11.2. The van der Waals surface area contributed by atoms with E-state index in [2.05, 4.69) is 36.4 Å². The zero-order valence-electron chi connectivity index (χ0n) is 10.2. The van der Waals surface area contributed by atoms with Crippen LogP contribution >= 0.6 is 15.9 Å². The van der Waals surface area contributed by atoms with Gasteiger partial charge in [0.05, 0.1) is 11.2 Å². The average Bonchev–Trinajstić information content (AvgIpc) is 2.95. The van der Waals surface area contributed by atoms with E-state index in [0.717, 1.165) is 26.6 Å². The maximum atomic E-state index is 4.58. The van der Waals surface area contributed by atoms with E-state index >= 15 is 0 Å². The number of fused-ring (bicyclic) bond motifs is 3. The van der Waals surface area contributed by atoms with Crippen LogP contribution in [0.15, 0.2) is 53.0 Å². The van der Waals surface area contributed by atoms with Crippen LogP contribution < -0.4 is 0 Å². The Morgan fingerprint density at radius 1 is 1.00 bits per heavy atom. The lowest BCUT2D eigenvalue weighted by molar-refractivity contribution is 0.840. The van der Waals surface area contributed by atoms with Crippen LogP contribution in [0, 0.1) is 0 Å². The third-order valence-corrected chi connectivity index (χ3v) is 3.65. The topological polar surface area (TPSA) is 56.0 Å². The highest BCUT2D eigenvalue weighted by atomic mass is 79.9. The molecule has 0 saturated heterocycles. The van der Waals surface area contributed by atoms with E-state index in [-0.39, 0.29) is 0 Å². The summed E-state index contributed by atoms with van der Waals surface area (Å²) in [7, 11) is 0. The number of rotatable bonds is 1. The van der Waals surface area contributed by atoms with Crippen LogP contribution in [0.3, 0.4) is 0 Å². The van der Waals surface area contributed by atoms with Crippen molar-refractivity contribution in [3.8, 4) is 11.3 Å². The Labute approximate surface area is 122 Å².